The van der Waals surface area contributed by atoms with E-state index in [0.29, 0.717) is 12.0 Å². The lowest BCUT2D eigenvalue weighted by Crippen LogP contribution is -2.30. The number of nitrogens with one attached hydrogen (secondary N) is 1. The zero-order chi connectivity index (χ0) is 28.9. The van der Waals surface area contributed by atoms with E-state index in [1.165, 1.54) is 18.2 Å². The van der Waals surface area contributed by atoms with Gasteiger partial charge in [0.05, 0.1) is 6.04 Å². The topological polar surface area (TPSA) is 75.6 Å². The zero-order valence-electron chi connectivity index (χ0n) is 22.2. The first kappa shape index (κ1) is 29.7. The molecule has 0 aliphatic carbocycles. The number of carbonyl (C=O) groups excluding carboxylic acids is 1. The highest BCUT2D eigenvalue weighted by atomic mass is 19.2. The summed E-state index contributed by atoms with van der Waals surface area (Å²) in [6, 6.07) is 10.2. The van der Waals surface area contributed by atoms with E-state index in [9.17, 15) is 27.2 Å². The molecule has 9 heteroatoms. The van der Waals surface area contributed by atoms with Crippen molar-refractivity contribution in [3.05, 3.63) is 99.1 Å². The maximum Gasteiger partial charge on any atom is 0.303 e. The number of amides is 1. The van der Waals surface area contributed by atoms with Crippen molar-refractivity contribution in [3.8, 4) is 5.75 Å². The molecule has 0 saturated carbocycles. The Morgan fingerprint density at radius 2 is 1.54 bits per heavy atom. The summed E-state index contributed by atoms with van der Waals surface area (Å²) in [5, 5.41) is 12.2. The van der Waals surface area contributed by atoms with Gasteiger partial charge in [0.1, 0.15) is 6.61 Å². The Balaban J connectivity index is 1.93. The van der Waals surface area contributed by atoms with Gasteiger partial charge in [-0.3, -0.25) is 9.59 Å². The summed E-state index contributed by atoms with van der Waals surface area (Å²) < 4.78 is 60.2. The van der Waals surface area contributed by atoms with Gasteiger partial charge in [0.2, 0.25) is 11.6 Å². The number of carbonyl (C=O) groups is 2. The van der Waals surface area contributed by atoms with Crippen molar-refractivity contribution in [2.24, 2.45) is 5.92 Å². The minimum Gasteiger partial charge on any atom is -0.483 e. The van der Waals surface area contributed by atoms with Crippen molar-refractivity contribution in [3.63, 3.8) is 0 Å². The molecular formula is C30H31F4NO4. The first-order chi connectivity index (χ1) is 18.3. The summed E-state index contributed by atoms with van der Waals surface area (Å²) in [4.78, 5) is 24.7. The molecule has 3 rings (SSSR count). The highest BCUT2D eigenvalue weighted by molar-refractivity contribution is 5.96. The summed E-state index contributed by atoms with van der Waals surface area (Å²) in [6.07, 6.45) is 0.489. The second-order valence-corrected chi connectivity index (χ2v) is 10.0. The van der Waals surface area contributed by atoms with E-state index >= 15 is 0 Å². The molecule has 0 bridgehead atoms. The second kappa shape index (κ2) is 12.8. The third kappa shape index (κ3) is 7.81. The Hall–Kier alpha value is -3.88. The minimum atomic E-state index is -1.67. The first-order valence-electron chi connectivity index (χ1n) is 12.5. The number of ether oxygens (including phenoxy) is 1. The van der Waals surface area contributed by atoms with E-state index in [1.54, 1.807) is 0 Å². The summed E-state index contributed by atoms with van der Waals surface area (Å²) in [5.74, 6) is -9.01. The molecule has 1 atom stereocenters. The lowest BCUT2D eigenvalue weighted by Gasteiger charge is -2.23. The van der Waals surface area contributed by atoms with Crippen molar-refractivity contribution < 1.29 is 37.0 Å². The lowest BCUT2D eigenvalue weighted by atomic mass is 9.93. The van der Waals surface area contributed by atoms with Crippen LogP contribution in [0.3, 0.4) is 0 Å². The Kier molecular flexibility index (Phi) is 9.72. The number of carboxylic acid groups (broad SMARTS) is 1. The van der Waals surface area contributed by atoms with Gasteiger partial charge < -0.3 is 15.2 Å². The fourth-order valence-electron chi connectivity index (χ4n) is 4.41. The molecule has 0 aliphatic heterocycles. The van der Waals surface area contributed by atoms with E-state index < -0.39 is 47.5 Å². The number of hydrogen-bond acceptors (Lipinski definition) is 3. The lowest BCUT2D eigenvalue weighted by molar-refractivity contribution is -0.136. The van der Waals surface area contributed by atoms with Crippen LogP contribution < -0.4 is 10.1 Å². The van der Waals surface area contributed by atoms with Gasteiger partial charge in [-0.15, -0.1) is 0 Å². The molecule has 0 heterocycles. The van der Waals surface area contributed by atoms with Crippen LogP contribution in [0.2, 0.25) is 0 Å². The van der Waals surface area contributed by atoms with Gasteiger partial charge in [-0.1, -0.05) is 55.3 Å². The van der Waals surface area contributed by atoms with Gasteiger partial charge in [-0.25, -0.2) is 8.78 Å². The fraction of sp³-hybridized carbons (Fsp3) is 0.333. The summed E-state index contributed by atoms with van der Waals surface area (Å²) >= 11 is 0. The van der Waals surface area contributed by atoms with E-state index in [1.807, 2.05) is 45.9 Å². The molecule has 0 spiro atoms. The Morgan fingerprint density at radius 3 is 2.10 bits per heavy atom. The molecule has 0 saturated heterocycles. The highest BCUT2D eigenvalue weighted by Crippen LogP contribution is 2.28. The molecule has 0 aliphatic rings. The SMILES string of the molecule is Cc1cc(C)cc(C(CC(C)C)NC(=O)c2cc(COc3c(F)c(F)cc(F)c3F)ccc2CCC(=O)O)c1. The third-order valence-electron chi connectivity index (χ3n) is 6.14. The second-order valence-electron chi connectivity index (χ2n) is 10.0. The standard InChI is InChI=1S/C30H31F4NO4/c1-16(2)9-25(21-11-17(3)10-18(4)12-21)35-30(38)22-13-19(5-6-20(22)7-8-26(36)37)15-39-29-27(33)23(31)14-24(32)28(29)34/h5-6,10-14,16,25H,7-9,15H2,1-4H3,(H,35,38)(H,36,37). The molecule has 5 nitrogen and oxygen atoms in total. The smallest absolute Gasteiger partial charge is 0.303 e. The van der Waals surface area contributed by atoms with Gasteiger partial charge in [-0.05, 0) is 55.4 Å². The molecule has 0 fully saturated rings. The van der Waals surface area contributed by atoms with Crippen LogP contribution in [0.5, 0.6) is 5.75 Å². The number of aryl methyl sites for hydroxylation is 3. The van der Waals surface area contributed by atoms with Crippen LogP contribution in [0.1, 0.15) is 70.9 Å². The Bertz CT molecular complexity index is 1330. The quantitative estimate of drug-likeness (QED) is 0.202. The molecular weight excluding hydrogens is 514 g/mol. The number of aliphatic carboxylic acids is 1. The van der Waals surface area contributed by atoms with Crippen molar-refractivity contribution in [2.45, 2.75) is 59.6 Å². The molecule has 3 aromatic carbocycles. The fourth-order valence-corrected chi connectivity index (χ4v) is 4.41. The van der Waals surface area contributed by atoms with Gasteiger partial charge >= 0.3 is 5.97 Å². The van der Waals surface area contributed by atoms with Gasteiger partial charge in [0, 0.05) is 18.1 Å². The largest absolute Gasteiger partial charge is 0.483 e. The number of benzene rings is 3. The summed E-state index contributed by atoms with van der Waals surface area (Å²) in [6.45, 7) is 7.50. The van der Waals surface area contributed by atoms with Crippen LogP contribution in [0.15, 0.2) is 42.5 Å². The maximum atomic E-state index is 14.0. The molecule has 0 radical (unpaired) electrons. The molecule has 39 heavy (non-hydrogen) atoms. The molecule has 1 unspecified atom stereocenters. The molecule has 208 valence electrons. The first-order valence-corrected chi connectivity index (χ1v) is 12.5. The molecule has 1 amide bonds. The normalized spacial score (nSPS) is 11.9. The molecule has 3 aromatic rings. The molecule has 2 N–H and O–H groups in total. The van der Waals surface area contributed by atoms with E-state index in [2.05, 4.69) is 5.32 Å². The van der Waals surface area contributed by atoms with Crippen LogP contribution >= 0.6 is 0 Å². The van der Waals surface area contributed by atoms with Crippen LogP contribution in [-0.4, -0.2) is 17.0 Å². The summed E-state index contributed by atoms with van der Waals surface area (Å²) in [7, 11) is 0. The zero-order valence-corrected chi connectivity index (χ0v) is 22.2. The van der Waals surface area contributed by atoms with Crippen molar-refractivity contribution in [1.29, 1.82) is 0 Å². The highest BCUT2D eigenvalue weighted by Gasteiger charge is 2.23. The van der Waals surface area contributed by atoms with Gasteiger partial charge in [0.15, 0.2) is 17.4 Å². The van der Waals surface area contributed by atoms with E-state index in [4.69, 9.17) is 9.84 Å². The van der Waals surface area contributed by atoms with E-state index in [-0.39, 0.29) is 42.0 Å². The monoisotopic (exact) mass is 545 g/mol. The number of hydrogen-bond donors (Lipinski definition) is 2. The Morgan fingerprint density at radius 1 is 0.923 bits per heavy atom. The van der Waals surface area contributed by atoms with Crippen LogP contribution in [-0.2, 0) is 17.8 Å². The van der Waals surface area contributed by atoms with Crippen molar-refractivity contribution in [2.75, 3.05) is 0 Å². The van der Waals surface area contributed by atoms with Crippen molar-refractivity contribution >= 4 is 11.9 Å². The van der Waals surface area contributed by atoms with Gasteiger partial charge in [-0.2, -0.15) is 8.78 Å². The Labute approximate surface area is 224 Å². The number of carboxylic acids is 1. The number of rotatable bonds is 11. The third-order valence-corrected chi connectivity index (χ3v) is 6.14. The average molecular weight is 546 g/mol. The summed E-state index contributed by atoms with van der Waals surface area (Å²) in [5.41, 5.74) is 3.93. The number of halogens is 4. The average Bonchev–Trinajstić information content (AvgIpc) is 2.85. The van der Waals surface area contributed by atoms with Gasteiger partial charge in [0.25, 0.3) is 5.91 Å². The van der Waals surface area contributed by atoms with Crippen LogP contribution in [0.25, 0.3) is 0 Å². The van der Waals surface area contributed by atoms with Crippen LogP contribution in [0.4, 0.5) is 17.6 Å². The minimum absolute atomic E-state index is 0.0655. The maximum absolute atomic E-state index is 14.0. The predicted octanol–water partition coefficient (Wildman–Crippen LogP) is 6.97. The van der Waals surface area contributed by atoms with Crippen LogP contribution in [0, 0.1) is 43.0 Å². The van der Waals surface area contributed by atoms with E-state index in [0.717, 1.165) is 16.7 Å². The molecule has 0 aromatic heterocycles. The van der Waals surface area contributed by atoms with Crippen molar-refractivity contribution in [1.82, 2.24) is 5.32 Å². The predicted molar refractivity (Wildman–Crippen MR) is 139 cm³/mol.